The molecule has 3 heterocycles. The van der Waals surface area contributed by atoms with Gasteiger partial charge < -0.3 is 4.42 Å². The molecule has 1 aromatic carbocycles. The van der Waals surface area contributed by atoms with E-state index < -0.39 is 0 Å². The van der Waals surface area contributed by atoms with Crippen LogP contribution in [0.15, 0.2) is 65.4 Å². The van der Waals surface area contributed by atoms with Crippen molar-refractivity contribution in [3.05, 3.63) is 61.0 Å². The lowest BCUT2D eigenvalue weighted by atomic mass is 10.1. The molecule has 3 nitrogen and oxygen atoms in total. The number of rotatable bonds is 1. The van der Waals surface area contributed by atoms with Gasteiger partial charge >= 0.3 is 0 Å². The van der Waals surface area contributed by atoms with Crippen molar-refractivity contribution in [2.75, 3.05) is 0 Å². The molecule has 0 fully saturated rings. The highest BCUT2D eigenvalue weighted by Gasteiger charge is 2.07. The van der Waals surface area contributed by atoms with E-state index >= 15 is 0 Å². The summed E-state index contributed by atoms with van der Waals surface area (Å²) >= 11 is 0. The Bertz CT molecular complexity index is 866. The lowest BCUT2D eigenvalue weighted by Crippen LogP contribution is -1.87. The van der Waals surface area contributed by atoms with Crippen LogP contribution in [0.3, 0.4) is 0 Å². The molecule has 3 heteroatoms. The molecule has 19 heavy (non-hydrogen) atoms. The van der Waals surface area contributed by atoms with Crippen LogP contribution in [0.4, 0.5) is 0 Å². The number of pyridine rings is 2. The molecule has 0 N–H and O–H groups in total. The molecular formula is C16H10N2O. The van der Waals surface area contributed by atoms with E-state index in [0.29, 0.717) is 0 Å². The number of benzene rings is 1. The molecule has 90 valence electrons. The third-order valence-corrected chi connectivity index (χ3v) is 3.21. The second-order valence-corrected chi connectivity index (χ2v) is 4.39. The van der Waals surface area contributed by atoms with E-state index in [-0.39, 0.29) is 0 Å². The van der Waals surface area contributed by atoms with Gasteiger partial charge in [0.05, 0.1) is 17.3 Å². The zero-order chi connectivity index (χ0) is 12.7. The number of hydrogen-bond donors (Lipinski definition) is 0. The Morgan fingerprint density at radius 2 is 1.63 bits per heavy atom. The molecule has 0 unspecified atom stereocenters. The summed E-state index contributed by atoms with van der Waals surface area (Å²) in [6, 6.07) is 15.9. The monoisotopic (exact) mass is 246 g/mol. The molecule has 3 aromatic heterocycles. The fraction of sp³-hybridized carbons (Fsp3) is 0. The number of fused-ring (bicyclic) bond motifs is 3. The summed E-state index contributed by atoms with van der Waals surface area (Å²) in [5, 5.41) is 2.18. The Morgan fingerprint density at radius 3 is 2.47 bits per heavy atom. The van der Waals surface area contributed by atoms with E-state index in [9.17, 15) is 0 Å². The summed E-state index contributed by atoms with van der Waals surface area (Å²) < 4.78 is 5.40. The predicted octanol–water partition coefficient (Wildman–Crippen LogP) is 4.04. The number of furan rings is 1. The van der Waals surface area contributed by atoms with Gasteiger partial charge in [-0.15, -0.1) is 0 Å². The van der Waals surface area contributed by atoms with Gasteiger partial charge in [0.25, 0.3) is 0 Å². The number of aromatic nitrogens is 2. The van der Waals surface area contributed by atoms with Crippen LogP contribution in [0, 0.1) is 0 Å². The van der Waals surface area contributed by atoms with Crippen LogP contribution in [-0.4, -0.2) is 9.97 Å². The van der Waals surface area contributed by atoms with Crippen LogP contribution in [0.25, 0.3) is 33.3 Å². The first kappa shape index (κ1) is 10.3. The standard InChI is InChI=1S/C16H10N2O/c1-3-11-5-6-12-7-8-13(14-4-2-10-19-14)18-16(12)15(11)17-9-1/h1-10H. The molecule has 0 saturated carbocycles. The maximum absolute atomic E-state index is 5.40. The molecule has 0 aliphatic rings. The van der Waals surface area contributed by atoms with Gasteiger partial charge in [-0.3, -0.25) is 4.98 Å². The molecule has 0 radical (unpaired) electrons. The number of hydrogen-bond acceptors (Lipinski definition) is 3. The Morgan fingerprint density at radius 1 is 0.789 bits per heavy atom. The minimum absolute atomic E-state index is 0.773. The van der Waals surface area contributed by atoms with Crippen LogP contribution < -0.4 is 0 Å². The highest BCUT2D eigenvalue weighted by atomic mass is 16.3. The van der Waals surface area contributed by atoms with E-state index in [2.05, 4.69) is 22.1 Å². The van der Waals surface area contributed by atoms with Gasteiger partial charge in [0, 0.05) is 17.0 Å². The molecule has 0 bridgehead atoms. The summed E-state index contributed by atoms with van der Waals surface area (Å²) in [5.41, 5.74) is 2.66. The first-order chi connectivity index (χ1) is 9.42. The van der Waals surface area contributed by atoms with Crippen molar-refractivity contribution in [1.82, 2.24) is 9.97 Å². The SMILES string of the molecule is c1coc(-c2ccc3ccc4cccnc4c3n2)c1. The molecule has 0 aliphatic carbocycles. The van der Waals surface area contributed by atoms with E-state index in [4.69, 9.17) is 4.42 Å². The smallest absolute Gasteiger partial charge is 0.152 e. The topological polar surface area (TPSA) is 38.9 Å². The van der Waals surface area contributed by atoms with Crippen molar-refractivity contribution in [3.63, 3.8) is 0 Å². The fourth-order valence-corrected chi connectivity index (χ4v) is 2.29. The van der Waals surface area contributed by atoms with Crippen LogP contribution in [0.5, 0.6) is 0 Å². The Labute approximate surface area is 109 Å². The lowest BCUT2D eigenvalue weighted by molar-refractivity contribution is 0.580. The van der Waals surface area contributed by atoms with Crippen molar-refractivity contribution in [2.24, 2.45) is 0 Å². The van der Waals surface area contributed by atoms with Gasteiger partial charge in [0.1, 0.15) is 5.69 Å². The fourth-order valence-electron chi connectivity index (χ4n) is 2.29. The average Bonchev–Trinajstić information content (AvgIpc) is 3.01. The van der Waals surface area contributed by atoms with Crippen molar-refractivity contribution in [1.29, 1.82) is 0 Å². The van der Waals surface area contributed by atoms with Crippen molar-refractivity contribution in [3.8, 4) is 11.5 Å². The predicted molar refractivity (Wildman–Crippen MR) is 74.7 cm³/mol. The zero-order valence-electron chi connectivity index (χ0n) is 10.1. The maximum Gasteiger partial charge on any atom is 0.152 e. The highest BCUT2D eigenvalue weighted by Crippen LogP contribution is 2.25. The van der Waals surface area contributed by atoms with E-state index in [0.717, 1.165) is 33.3 Å². The Balaban J connectivity index is 2.09. The normalized spacial score (nSPS) is 11.2. The quantitative estimate of drug-likeness (QED) is 0.476. The summed E-state index contributed by atoms with van der Waals surface area (Å²) in [5.74, 6) is 0.773. The van der Waals surface area contributed by atoms with Crippen LogP contribution in [0.2, 0.25) is 0 Å². The van der Waals surface area contributed by atoms with Crippen LogP contribution in [0.1, 0.15) is 0 Å². The van der Waals surface area contributed by atoms with Crippen molar-refractivity contribution in [2.45, 2.75) is 0 Å². The van der Waals surface area contributed by atoms with Gasteiger partial charge in [-0.25, -0.2) is 4.98 Å². The summed E-state index contributed by atoms with van der Waals surface area (Å²) in [6.07, 6.45) is 3.45. The molecular weight excluding hydrogens is 236 g/mol. The molecule has 0 atom stereocenters. The lowest BCUT2D eigenvalue weighted by Gasteiger charge is -2.03. The van der Waals surface area contributed by atoms with E-state index in [1.165, 1.54) is 0 Å². The Kier molecular flexibility index (Phi) is 2.12. The first-order valence-corrected chi connectivity index (χ1v) is 6.10. The average molecular weight is 246 g/mol. The third kappa shape index (κ3) is 1.59. The molecule has 0 spiro atoms. The minimum atomic E-state index is 0.773. The van der Waals surface area contributed by atoms with Gasteiger partial charge in [-0.1, -0.05) is 24.3 Å². The van der Waals surface area contributed by atoms with Gasteiger partial charge in [-0.05, 0) is 24.3 Å². The van der Waals surface area contributed by atoms with Gasteiger partial charge in [0.15, 0.2) is 5.76 Å². The summed E-state index contributed by atoms with van der Waals surface area (Å²) in [6.45, 7) is 0. The maximum atomic E-state index is 5.40. The minimum Gasteiger partial charge on any atom is -0.463 e. The zero-order valence-corrected chi connectivity index (χ0v) is 10.1. The summed E-state index contributed by atoms with van der Waals surface area (Å²) in [4.78, 5) is 9.13. The molecule has 0 saturated heterocycles. The summed E-state index contributed by atoms with van der Waals surface area (Å²) in [7, 11) is 0. The second-order valence-electron chi connectivity index (χ2n) is 4.39. The Hall–Kier alpha value is -2.68. The van der Waals surface area contributed by atoms with Crippen molar-refractivity contribution < 1.29 is 4.42 Å². The molecule has 4 aromatic rings. The highest BCUT2D eigenvalue weighted by molar-refractivity contribution is 6.03. The van der Waals surface area contributed by atoms with Gasteiger partial charge in [0.2, 0.25) is 0 Å². The second kappa shape index (κ2) is 3.92. The van der Waals surface area contributed by atoms with Crippen molar-refractivity contribution >= 4 is 21.8 Å². The molecule has 0 aliphatic heterocycles. The third-order valence-electron chi connectivity index (χ3n) is 3.21. The molecule has 4 rings (SSSR count). The molecule has 0 amide bonds. The van der Waals surface area contributed by atoms with E-state index in [1.54, 1.807) is 12.5 Å². The van der Waals surface area contributed by atoms with Gasteiger partial charge in [-0.2, -0.15) is 0 Å². The van der Waals surface area contributed by atoms with E-state index in [1.807, 2.05) is 36.4 Å². The first-order valence-electron chi connectivity index (χ1n) is 6.10. The van der Waals surface area contributed by atoms with Crippen LogP contribution in [-0.2, 0) is 0 Å². The van der Waals surface area contributed by atoms with Crippen LogP contribution >= 0.6 is 0 Å². The largest absolute Gasteiger partial charge is 0.463 e. The number of nitrogens with zero attached hydrogens (tertiary/aromatic N) is 2.